The van der Waals surface area contributed by atoms with Gasteiger partial charge in [0.15, 0.2) is 5.78 Å². The second kappa shape index (κ2) is 5.82. The van der Waals surface area contributed by atoms with Gasteiger partial charge < -0.3 is 5.73 Å². The van der Waals surface area contributed by atoms with Crippen molar-refractivity contribution in [1.82, 2.24) is 4.90 Å². The highest BCUT2D eigenvalue weighted by molar-refractivity contribution is 6.23. The van der Waals surface area contributed by atoms with Crippen molar-refractivity contribution in [2.24, 2.45) is 0 Å². The topological polar surface area (TPSA) is 124 Å². The first-order chi connectivity index (χ1) is 11.8. The van der Waals surface area contributed by atoms with E-state index in [1.807, 2.05) is 0 Å². The van der Waals surface area contributed by atoms with Gasteiger partial charge in [-0.15, -0.1) is 0 Å². The Hall–Kier alpha value is -3.55. The zero-order chi connectivity index (χ0) is 18.3. The predicted octanol–water partition coefficient (Wildman–Crippen LogP) is 1.83. The highest BCUT2D eigenvalue weighted by Crippen LogP contribution is 2.29. The summed E-state index contributed by atoms with van der Waals surface area (Å²) >= 11 is 0. The van der Waals surface area contributed by atoms with E-state index in [1.54, 1.807) is 0 Å². The quantitative estimate of drug-likeness (QED) is 0.298. The molecule has 2 aromatic carbocycles. The molecule has 2 N–H and O–H groups in total. The summed E-state index contributed by atoms with van der Waals surface area (Å²) in [7, 11) is 1.36. The Morgan fingerprint density at radius 3 is 2.60 bits per heavy atom. The number of nitro benzene ring substituents is 1. The summed E-state index contributed by atoms with van der Waals surface area (Å²) in [6, 6.07) is 8.34. The SMILES string of the molecule is CN1C(=O)c2cc(CC(=O)c3cccc([N+](=O)[O-])c3)cc(N)c2C1=O. The van der Waals surface area contributed by atoms with Crippen molar-refractivity contribution >= 4 is 29.0 Å². The predicted molar refractivity (Wildman–Crippen MR) is 88.4 cm³/mol. The molecule has 8 nitrogen and oxygen atoms in total. The zero-order valence-corrected chi connectivity index (χ0v) is 13.2. The minimum absolute atomic E-state index is 0.0934. The maximum absolute atomic E-state index is 12.4. The maximum atomic E-state index is 12.4. The Balaban J connectivity index is 1.92. The van der Waals surface area contributed by atoms with Gasteiger partial charge in [-0.3, -0.25) is 29.4 Å². The van der Waals surface area contributed by atoms with Crippen molar-refractivity contribution in [3.8, 4) is 0 Å². The van der Waals surface area contributed by atoms with Gasteiger partial charge in [-0.05, 0) is 17.7 Å². The molecule has 0 saturated carbocycles. The highest BCUT2D eigenvalue weighted by Gasteiger charge is 2.35. The fourth-order valence-corrected chi connectivity index (χ4v) is 2.76. The Labute approximate surface area is 142 Å². The van der Waals surface area contributed by atoms with Gasteiger partial charge in [0, 0.05) is 36.9 Å². The van der Waals surface area contributed by atoms with Gasteiger partial charge in [-0.1, -0.05) is 12.1 Å². The van der Waals surface area contributed by atoms with Gasteiger partial charge >= 0.3 is 0 Å². The minimum Gasteiger partial charge on any atom is -0.398 e. The molecule has 1 aliphatic rings. The second-order valence-corrected chi connectivity index (χ2v) is 5.68. The molecule has 0 aliphatic carbocycles. The number of nitrogens with zero attached hydrogens (tertiary/aromatic N) is 2. The van der Waals surface area contributed by atoms with E-state index >= 15 is 0 Å². The fourth-order valence-electron chi connectivity index (χ4n) is 2.76. The number of non-ortho nitro benzene ring substituents is 1. The first-order valence-electron chi connectivity index (χ1n) is 7.32. The summed E-state index contributed by atoms with van der Waals surface area (Å²) < 4.78 is 0. The third-order valence-electron chi connectivity index (χ3n) is 4.03. The van der Waals surface area contributed by atoms with Gasteiger partial charge in [0.1, 0.15) is 0 Å². The van der Waals surface area contributed by atoms with E-state index in [0.717, 1.165) is 4.90 Å². The molecule has 0 fully saturated rings. The highest BCUT2D eigenvalue weighted by atomic mass is 16.6. The summed E-state index contributed by atoms with van der Waals surface area (Å²) in [4.78, 5) is 47.6. The Kier molecular flexibility index (Phi) is 3.80. The van der Waals surface area contributed by atoms with Crippen LogP contribution in [0, 0.1) is 10.1 Å². The molecule has 25 heavy (non-hydrogen) atoms. The standard InChI is InChI=1S/C17H13N3O5/c1-19-16(22)12-5-9(6-13(18)15(12)17(19)23)7-14(21)10-3-2-4-11(8-10)20(24)25/h2-6,8H,7,18H2,1H3. The number of ketones is 1. The molecule has 0 unspecified atom stereocenters. The van der Waals surface area contributed by atoms with Crippen molar-refractivity contribution in [3.63, 3.8) is 0 Å². The lowest BCUT2D eigenvalue weighted by Gasteiger charge is -2.06. The molecule has 3 rings (SSSR count). The molecule has 0 spiro atoms. The van der Waals surface area contributed by atoms with Gasteiger partial charge in [-0.2, -0.15) is 0 Å². The number of benzene rings is 2. The minimum atomic E-state index is -0.579. The van der Waals surface area contributed by atoms with Gasteiger partial charge in [0.05, 0.1) is 16.1 Å². The number of hydrogen-bond donors (Lipinski definition) is 1. The number of anilines is 1. The van der Waals surface area contributed by atoms with E-state index in [2.05, 4.69) is 0 Å². The van der Waals surface area contributed by atoms with Crippen molar-refractivity contribution < 1.29 is 19.3 Å². The molecule has 0 aromatic heterocycles. The maximum Gasteiger partial charge on any atom is 0.270 e. The summed E-state index contributed by atoms with van der Waals surface area (Å²) in [6.07, 6.45) is -0.0934. The lowest BCUT2D eigenvalue weighted by molar-refractivity contribution is -0.384. The summed E-state index contributed by atoms with van der Waals surface area (Å²) in [5, 5.41) is 10.8. The number of nitro groups is 1. The van der Waals surface area contributed by atoms with Crippen LogP contribution in [0.4, 0.5) is 11.4 Å². The molecule has 126 valence electrons. The van der Waals surface area contributed by atoms with Gasteiger partial charge in [-0.25, -0.2) is 0 Å². The Bertz CT molecular complexity index is 951. The van der Waals surface area contributed by atoms with Crippen LogP contribution in [-0.4, -0.2) is 34.5 Å². The lowest BCUT2D eigenvalue weighted by Crippen LogP contribution is -2.24. The average Bonchev–Trinajstić information content (AvgIpc) is 2.79. The first kappa shape index (κ1) is 16.3. The number of carbonyl (C=O) groups is 3. The zero-order valence-electron chi connectivity index (χ0n) is 13.2. The van der Waals surface area contributed by atoms with Gasteiger partial charge in [0.2, 0.25) is 0 Å². The van der Waals surface area contributed by atoms with Crippen LogP contribution in [-0.2, 0) is 6.42 Å². The van der Waals surface area contributed by atoms with E-state index in [9.17, 15) is 24.5 Å². The molecule has 8 heteroatoms. The number of carbonyl (C=O) groups excluding carboxylic acids is 3. The number of amides is 2. The van der Waals surface area contributed by atoms with Crippen LogP contribution in [0.25, 0.3) is 0 Å². The van der Waals surface area contributed by atoms with E-state index in [4.69, 9.17) is 5.73 Å². The van der Waals surface area contributed by atoms with Crippen LogP contribution in [0.2, 0.25) is 0 Å². The number of imide groups is 1. The second-order valence-electron chi connectivity index (χ2n) is 5.68. The lowest BCUT2D eigenvalue weighted by atomic mass is 9.98. The van der Waals surface area contributed by atoms with Crippen molar-refractivity contribution in [3.05, 3.63) is 68.8 Å². The number of rotatable bonds is 4. The van der Waals surface area contributed by atoms with E-state index < -0.39 is 16.7 Å². The van der Waals surface area contributed by atoms with Crippen LogP contribution >= 0.6 is 0 Å². The molecule has 2 aromatic rings. The fraction of sp³-hybridized carbons (Fsp3) is 0.118. The number of nitrogens with two attached hydrogens (primary N) is 1. The average molecular weight is 339 g/mol. The summed E-state index contributed by atoms with van der Waals surface area (Å²) in [6.45, 7) is 0. The Morgan fingerprint density at radius 1 is 1.20 bits per heavy atom. The normalized spacial score (nSPS) is 13.1. The van der Waals surface area contributed by atoms with E-state index in [1.165, 1.54) is 43.4 Å². The van der Waals surface area contributed by atoms with E-state index in [0.29, 0.717) is 5.56 Å². The summed E-state index contributed by atoms with van der Waals surface area (Å²) in [5.41, 5.74) is 6.76. The number of fused-ring (bicyclic) bond motifs is 1. The third-order valence-corrected chi connectivity index (χ3v) is 4.03. The molecule has 1 aliphatic heterocycles. The van der Waals surface area contributed by atoms with E-state index in [-0.39, 0.29) is 40.3 Å². The van der Waals surface area contributed by atoms with Crippen molar-refractivity contribution in [2.45, 2.75) is 6.42 Å². The number of Topliss-reactive ketones (excluding diaryl/α,β-unsaturated/α-hetero) is 1. The monoisotopic (exact) mass is 339 g/mol. The van der Waals surface area contributed by atoms with Crippen LogP contribution in [0.15, 0.2) is 36.4 Å². The molecule has 0 saturated heterocycles. The van der Waals surface area contributed by atoms with Crippen LogP contribution in [0.1, 0.15) is 36.6 Å². The molecule has 1 heterocycles. The molecule has 0 bridgehead atoms. The number of nitrogen functional groups attached to an aromatic ring is 1. The molecule has 2 amide bonds. The van der Waals surface area contributed by atoms with Crippen molar-refractivity contribution in [1.29, 1.82) is 0 Å². The number of hydrogen-bond acceptors (Lipinski definition) is 6. The Morgan fingerprint density at radius 2 is 1.92 bits per heavy atom. The molecular weight excluding hydrogens is 326 g/mol. The first-order valence-corrected chi connectivity index (χ1v) is 7.32. The molecule has 0 atom stereocenters. The molecular formula is C17H13N3O5. The van der Waals surface area contributed by atoms with Crippen molar-refractivity contribution in [2.75, 3.05) is 12.8 Å². The molecule has 0 radical (unpaired) electrons. The summed E-state index contributed by atoms with van der Waals surface area (Å²) in [5.74, 6) is -1.31. The van der Waals surface area contributed by atoms with Crippen LogP contribution in [0.5, 0.6) is 0 Å². The third kappa shape index (κ3) is 2.74. The van der Waals surface area contributed by atoms with Crippen LogP contribution in [0.3, 0.4) is 0 Å². The smallest absolute Gasteiger partial charge is 0.270 e. The van der Waals surface area contributed by atoms with Gasteiger partial charge in [0.25, 0.3) is 17.5 Å². The largest absolute Gasteiger partial charge is 0.398 e. The van der Waals surface area contributed by atoms with Crippen LogP contribution < -0.4 is 5.73 Å².